The molecule has 1 aromatic carbocycles. The van der Waals surface area contributed by atoms with E-state index < -0.39 is 0 Å². The number of benzene rings is 1. The molecular formula is C14H17NO2S. The van der Waals surface area contributed by atoms with E-state index in [9.17, 15) is 5.11 Å². The van der Waals surface area contributed by atoms with Gasteiger partial charge in [-0.1, -0.05) is 0 Å². The quantitative estimate of drug-likeness (QED) is 0.806. The highest BCUT2D eigenvalue weighted by Gasteiger charge is 2.03. The van der Waals surface area contributed by atoms with Crippen molar-refractivity contribution in [2.75, 3.05) is 11.6 Å². The minimum atomic E-state index is 0.290. The van der Waals surface area contributed by atoms with Crippen LogP contribution in [0.3, 0.4) is 0 Å². The minimum Gasteiger partial charge on any atom is -0.508 e. The van der Waals surface area contributed by atoms with Crippen LogP contribution in [0.4, 0.5) is 5.69 Å². The van der Waals surface area contributed by atoms with Gasteiger partial charge in [-0.25, -0.2) is 0 Å². The highest BCUT2D eigenvalue weighted by atomic mass is 32.2. The lowest BCUT2D eigenvalue weighted by Crippen LogP contribution is -1.99. The van der Waals surface area contributed by atoms with Gasteiger partial charge in [-0.05, 0) is 49.1 Å². The maximum absolute atomic E-state index is 9.34. The molecule has 0 spiro atoms. The third kappa shape index (κ3) is 3.23. The van der Waals surface area contributed by atoms with Crippen LogP contribution in [-0.2, 0) is 12.3 Å². The van der Waals surface area contributed by atoms with Crippen molar-refractivity contribution in [1.29, 1.82) is 0 Å². The normalized spacial score (nSPS) is 10.6. The number of hydrogen-bond acceptors (Lipinski definition) is 4. The summed E-state index contributed by atoms with van der Waals surface area (Å²) in [4.78, 5) is 0. The number of thioether (sulfide) groups is 1. The van der Waals surface area contributed by atoms with E-state index in [4.69, 9.17) is 4.42 Å². The van der Waals surface area contributed by atoms with Crippen molar-refractivity contribution in [3.05, 3.63) is 47.4 Å². The first-order valence-corrected chi connectivity index (χ1v) is 7.18. The zero-order valence-electron chi connectivity index (χ0n) is 10.6. The van der Waals surface area contributed by atoms with Crippen molar-refractivity contribution < 1.29 is 9.52 Å². The fraction of sp³-hybridized carbons (Fsp3) is 0.286. The molecule has 0 radical (unpaired) electrons. The SMILES string of the molecule is CSCc1ccc(CNc2ccc(O)cc2C)o1. The Labute approximate surface area is 111 Å². The van der Waals surface area contributed by atoms with Crippen LogP contribution in [-0.4, -0.2) is 11.4 Å². The number of hydrogen-bond donors (Lipinski definition) is 2. The first kappa shape index (κ1) is 12.9. The van der Waals surface area contributed by atoms with Crippen LogP contribution >= 0.6 is 11.8 Å². The molecule has 0 unspecified atom stereocenters. The molecule has 18 heavy (non-hydrogen) atoms. The molecule has 4 heteroatoms. The lowest BCUT2D eigenvalue weighted by Gasteiger charge is -2.08. The highest BCUT2D eigenvalue weighted by molar-refractivity contribution is 7.97. The largest absolute Gasteiger partial charge is 0.508 e. The molecular weight excluding hydrogens is 246 g/mol. The summed E-state index contributed by atoms with van der Waals surface area (Å²) < 4.78 is 5.68. The van der Waals surface area contributed by atoms with Crippen molar-refractivity contribution in [3.8, 4) is 5.75 Å². The third-order valence-electron chi connectivity index (χ3n) is 2.67. The Hall–Kier alpha value is -1.55. The number of furan rings is 1. The van der Waals surface area contributed by atoms with Crippen molar-refractivity contribution in [2.24, 2.45) is 0 Å². The Bertz CT molecular complexity index is 522. The third-order valence-corrected chi connectivity index (χ3v) is 3.24. The summed E-state index contributed by atoms with van der Waals surface area (Å²) in [5, 5.41) is 12.6. The molecule has 0 bridgehead atoms. The second-order valence-electron chi connectivity index (χ2n) is 4.15. The molecule has 3 nitrogen and oxygen atoms in total. The molecule has 2 N–H and O–H groups in total. The monoisotopic (exact) mass is 263 g/mol. The van der Waals surface area contributed by atoms with Crippen molar-refractivity contribution in [3.63, 3.8) is 0 Å². The molecule has 1 heterocycles. The minimum absolute atomic E-state index is 0.290. The molecule has 0 saturated carbocycles. The van der Waals surface area contributed by atoms with Crippen molar-refractivity contribution in [1.82, 2.24) is 0 Å². The molecule has 0 aliphatic rings. The zero-order valence-corrected chi connectivity index (χ0v) is 11.4. The summed E-state index contributed by atoms with van der Waals surface area (Å²) in [6.45, 7) is 2.61. The molecule has 0 amide bonds. The van der Waals surface area contributed by atoms with Crippen molar-refractivity contribution in [2.45, 2.75) is 19.2 Å². The van der Waals surface area contributed by atoms with Crippen LogP contribution in [0.1, 0.15) is 17.1 Å². The van der Waals surface area contributed by atoms with Gasteiger partial charge < -0.3 is 14.8 Å². The van der Waals surface area contributed by atoms with Crippen LogP contribution in [0.25, 0.3) is 0 Å². The van der Waals surface area contributed by atoms with Crippen LogP contribution < -0.4 is 5.32 Å². The average Bonchev–Trinajstić information content (AvgIpc) is 2.76. The van der Waals surface area contributed by atoms with Crippen LogP contribution in [0.2, 0.25) is 0 Å². The number of nitrogens with one attached hydrogen (secondary N) is 1. The second-order valence-corrected chi connectivity index (χ2v) is 5.02. The van der Waals surface area contributed by atoms with Gasteiger partial charge in [0.1, 0.15) is 17.3 Å². The number of phenolic OH excluding ortho intramolecular Hbond substituents is 1. The summed E-state index contributed by atoms with van der Waals surface area (Å²) in [7, 11) is 0. The van der Waals surface area contributed by atoms with E-state index in [0.29, 0.717) is 12.3 Å². The molecule has 96 valence electrons. The second kappa shape index (κ2) is 5.87. The Balaban J connectivity index is 1.97. The molecule has 0 aliphatic carbocycles. The van der Waals surface area contributed by atoms with Gasteiger partial charge in [-0.2, -0.15) is 11.8 Å². The van der Waals surface area contributed by atoms with E-state index in [1.807, 2.05) is 25.1 Å². The Morgan fingerprint density at radius 2 is 2.00 bits per heavy atom. The van der Waals surface area contributed by atoms with Gasteiger partial charge in [0.25, 0.3) is 0 Å². The van der Waals surface area contributed by atoms with Crippen molar-refractivity contribution >= 4 is 17.4 Å². The van der Waals surface area contributed by atoms with Gasteiger partial charge >= 0.3 is 0 Å². The van der Waals surface area contributed by atoms with Gasteiger partial charge in [0.05, 0.1) is 12.3 Å². The van der Waals surface area contributed by atoms with Gasteiger partial charge in [0.2, 0.25) is 0 Å². The van der Waals surface area contributed by atoms with Gasteiger partial charge in [-0.15, -0.1) is 0 Å². The van der Waals surface area contributed by atoms with E-state index in [-0.39, 0.29) is 0 Å². The average molecular weight is 263 g/mol. The molecule has 0 atom stereocenters. The van der Waals surface area contributed by atoms with Crippen LogP contribution in [0, 0.1) is 6.92 Å². The summed E-state index contributed by atoms with van der Waals surface area (Å²) in [5.74, 6) is 3.12. The summed E-state index contributed by atoms with van der Waals surface area (Å²) in [6.07, 6.45) is 2.06. The van der Waals surface area contributed by atoms with Gasteiger partial charge in [0.15, 0.2) is 0 Å². The number of phenols is 1. The Morgan fingerprint density at radius 1 is 1.22 bits per heavy atom. The van der Waals surface area contributed by atoms with E-state index in [1.165, 1.54) is 0 Å². The smallest absolute Gasteiger partial charge is 0.123 e. The Kier molecular flexibility index (Phi) is 4.20. The molecule has 0 fully saturated rings. The van der Waals surface area contributed by atoms with E-state index in [1.54, 1.807) is 23.9 Å². The number of aryl methyl sites for hydroxylation is 1. The number of rotatable bonds is 5. The van der Waals surface area contributed by atoms with E-state index >= 15 is 0 Å². The van der Waals surface area contributed by atoms with Crippen LogP contribution in [0.5, 0.6) is 5.75 Å². The standard InChI is InChI=1S/C14H17NO2S/c1-10-7-11(16)3-6-14(10)15-8-12-4-5-13(17-12)9-18-2/h3-7,15-16H,8-9H2,1-2H3. The fourth-order valence-corrected chi connectivity index (χ4v) is 2.21. The van der Waals surface area contributed by atoms with E-state index in [0.717, 1.165) is 28.5 Å². The fourth-order valence-electron chi connectivity index (χ4n) is 1.77. The summed E-state index contributed by atoms with van der Waals surface area (Å²) >= 11 is 1.74. The summed E-state index contributed by atoms with van der Waals surface area (Å²) in [5.41, 5.74) is 2.03. The highest BCUT2D eigenvalue weighted by Crippen LogP contribution is 2.21. The summed E-state index contributed by atoms with van der Waals surface area (Å²) in [6, 6.07) is 9.29. The zero-order chi connectivity index (χ0) is 13.0. The molecule has 0 aliphatic heterocycles. The van der Waals surface area contributed by atoms with Gasteiger partial charge in [0, 0.05) is 5.69 Å². The first-order valence-electron chi connectivity index (χ1n) is 5.79. The maximum atomic E-state index is 9.34. The predicted octanol–water partition coefficient (Wildman–Crippen LogP) is 3.77. The predicted molar refractivity (Wildman–Crippen MR) is 76.1 cm³/mol. The molecule has 2 rings (SSSR count). The lowest BCUT2D eigenvalue weighted by atomic mass is 10.2. The molecule has 1 aromatic heterocycles. The maximum Gasteiger partial charge on any atom is 0.123 e. The number of anilines is 1. The molecule has 2 aromatic rings. The molecule has 0 saturated heterocycles. The lowest BCUT2D eigenvalue weighted by molar-refractivity contribution is 0.475. The van der Waals surface area contributed by atoms with Gasteiger partial charge in [-0.3, -0.25) is 0 Å². The Morgan fingerprint density at radius 3 is 2.72 bits per heavy atom. The number of aromatic hydroxyl groups is 1. The topological polar surface area (TPSA) is 45.4 Å². The van der Waals surface area contributed by atoms with E-state index in [2.05, 4.69) is 11.6 Å². The first-order chi connectivity index (χ1) is 8.69. The van der Waals surface area contributed by atoms with Crippen LogP contribution in [0.15, 0.2) is 34.7 Å².